The molecule has 148 valence electrons. The molecular weight excluding hydrogens is 362 g/mol. The number of carbonyl (C=O) groups excluding carboxylic acids is 1. The molecule has 0 saturated carbocycles. The number of carbonyl (C=O) groups is 1. The SMILES string of the molecule is COCCn1ccc2c(OCC(=O)Nc3n[nH]c(C4CCCO4)n3)cccc21. The number of fused-ring (bicyclic) bond motifs is 1. The maximum absolute atomic E-state index is 12.2. The first-order valence-corrected chi connectivity index (χ1v) is 9.28. The van der Waals surface area contributed by atoms with Crippen molar-refractivity contribution in [2.24, 2.45) is 0 Å². The van der Waals surface area contributed by atoms with Crippen LogP contribution in [-0.4, -0.2) is 52.6 Å². The van der Waals surface area contributed by atoms with E-state index in [0.717, 1.165) is 36.9 Å². The van der Waals surface area contributed by atoms with E-state index in [1.807, 2.05) is 30.5 Å². The molecule has 0 aliphatic carbocycles. The monoisotopic (exact) mass is 385 g/mol. The number of aromatic nitrogens is 4. The lowest BCUT2D eigenvalue weighted by molar-refractivity contribution is -0.118. The summed E-state index contributed by atoms with van der Waals surface area (Å²) in [4.78, 5) is 16.5. The molecule has 3 aromatic rings. The number of rotatable bonds is 8. The molecule has 0 bridgehead atoms. The van der Waals surface area contributed by atoms with E-state index < -0.39 is 0 Å². The van der Waals surface area contributed by atoms with Gasteiger partial charge in [0.2, 0.25) is 5.95 Å². The van der Waals surface area contributed by atoms with Gasteiger partial charge in [0.15, 0.2) is 12.4 Å². The van der Waals surface area contributed by atoms with Crippen LogP contribution in [0.2, 0.25) is 0 Å². The van der Waals surface area contributed by atoms with Crippen molar-refractivity contribution >= 4 is 22.8 Å². The Bertz CT molecular complexity index is 945. The Morgan fingerprint density at radius 1 is 1.43 bits per heavy atom. The van der Waals surface area contributed by atoms with Crippen LogP contribution in [0.25, 0.3) is 10.9 Å². The number of methoxy groups -OCH3 is 1. The topological polar surface area (TPSA) is 103 Å². The van der Waals surface area contributed by atoms with Crippen LogP contribution in [0, 0.1) is 0 Å². The summed E-state index contributed by atoms with van der Waals surface area (Å²) >= 11 is 0. The Balaban J connectivity index is 1.36. The summed E-state index contributed by atoms with van der Waals surface area (Å²) in [6, 6.07) is 7.74. The summed E-state index contributed by atoms with van der Waals surface area (Å²) in [6.45, 7) is 1.97. The minimum atomic E-state index is -0.325. The van der Waals surface area contributed by atoms with Crippen LogP contribution in [0.15, 0.2) is 30.5 Å². The van der Waals surface area contributed by atoms with Crippen molar-refractivity contribution in [1.82, 2.24) is 19.7 Å². The number of H-pyrrole nitrogens is 1. The number of anilines is 1. The Hall–Kier alpha value is -2.91. The number of benzene rings is 1. The second kappa shape index (κ2) is 8.41. The first-order valence-electron chi connectivity index (χ1n) is 9.28. The molecule has 4 rings (SSSR count). The minimum absolute atomic E-state index is 0.0749. The Morgan fingerprint density at radius 3 is 3.18 bits per heavy atom. The summed E-state index contributed by atoms with van der Waals surface area (Å²) in [6.07, 6.45) is 3.81. The lowest BCUT2D eigenvalue weighted by Gasteiger charge is -2.08. The van der Waals surface area contributed by atoms with Crippen LogP contribution in [0.1, 0.15) is 24.8 Å². The molecule has 2 N–H and O–H groups in total. The summed E-state index contributed by atoms with van der Waals surface area (Å²) in [5, 5.41) is 10.4. The third kappa shape index (κ3) is 4.00. The Kier molecular flexibility index (Phi) is 5.54. The number of nitrogens with zero attached hydrogens (tertiary/aromatic N) is 3. The number of nitrogens with one attached hydrogen (secondary N) is 2. The zero-order valence-corrected chi connectivity index (χ0v) is 15.7. The van der Waals surface area contributed by atoms with Gasteiger partial charge in [-0.2, -0.15) is 4.98 Å². The van der Waals surface area contributed by atoms with Gasteiger partial charge in [-0.25, -0.2) is 0 Å². The van der Waals surface area contributed by atoms with Gasteiger partial charge >= 0.3 is 0 Å². The number of hydrogen-bond acceptors (Lipinski definition) is 6. The fourth-order valence-electron chi connectivity index (χ4n) is 3.28. The van der Waals surface area contributed by atoms with Crippen LogP contribution in [0.4, 0.5) is 5.95 Å². The molecule has 3 heterocycles. The second-order valence-electron chi connectivity index (χ2n) is 6.57. The van der Waals surface area contributed by atoms with Crippen LogP contribution in [0.3, 0.4) is 0 Å². The lowest BCUT2D eigenvalue weighted by atomic mass is 10.2. The van der Waals surface area contributed by atoms with Crippen LogP contribution in [0.5, 0.6) is 5.75 Å². The predicted molar refractivity (Wildman–Crippen MR) is 102 cm³/mol. The fraction of sp³-hybridized carbons (Fsp3) is 0.421. The third-order valence-electron chi connectivity index (χ3n) is 4.66. The molecule has 9 heteroatoms. The second-order valence-corrected chi connectivity index (χ2v) is 6.57. The number of amides is 1. The van der Waals surface area contributed by atoms with E-state index >= 15 is 0 Å². The molecule has 0 radical (unpaired) electrons. The van der Waals surface area contributed by atoms with Gasteiger partial charge in [-0.3, -0.25) is 15.2 Å². The smallest absolute Gasteiger partial charge is 0.264 e. The highest BCUT2D eigenvalue weighted by atomic mass is 16.5. The Morgan fingerprint density at radius 2 is 2.36 bits per heavy atom. The predicted octanol–water partition coefficient (Wildman–Crippen LogP) is 2.27. The zero-order valence-electron chi connectivity index (χ0n) is 15.7. The van der Waals surface area contributed by atoms with Crippen molar-refractivity contribution in [1.29, 1.82) is 0 Å². The van der Waals surface area contributed by atoms with Crippen LogP contribution >= 0.6 is 0 Å². The van der Waals surface area contributed by atoms with Gasteiger partial charge in [-0.05, 0) is 31.0 Å². The molecule has 1 amide bonds. The van der Waals surface area contributed by atoms with Crippen molar-refractivity contribution in [3.05, 3.63) is 36.3 Å². The molecule has 28 heavy (non-hydrogen) atoms. The molecule has 1 unspecified atom stereocenters. The molecule has 1 atom stereocenters. The van der Waals surface area contributed by atoms with Crippen LogP contribution in [-0.2, 0) is 20.8 Å². The molecule has 9 nitrogen and oxygen atoms in total. The molecule has 0 spiro atoms. The molecule has 1 aromatic carbocycles. The van der Waals surface area contributed by atoms with Crippen molar-refractivity contribution < 1.29 is 19.0 Å². The first-order chi connectivity index (χ1) is 13.7. The highest BCUT2D eigenvalue weighted by molar-refractivity contribution is 5.91. The van der Waals surface area contributed by atoms with Crippen molar-refractivity contribution in [2.45, 2.75) is 25.5 Å². The highest BCUT2D eigenvalue weighted by Crippen LogP contribution is 2.27. The van der Waals surface area contributed by atoms with E-state index in [-0.39, 0.29) is 24.6 Å². The summed E-state index contributed by atoms with van der Waals surface area (Å²) in [7, 11) is 1.68. The van der Waals surface area contributed by atoms with Gasteiger partial charge in [-0.15, -0.1) is 5.10 Å². The molecule has 1 fully saturated rings. The van der Waals surface area contributed by atoms with E-state index in [4.69, 9.17) is 14.2 Å². The van der Waals surface area contributed by atoms with E-state index in [9.17, 15) is 4.79 Å². The van der Waals surface area contributed by atoms with Crippen molar-refractivity contribution in [2.75, 3.05) is 32.2 Å². The molecule has 2 aromatic heterocycles. The van der Waals surface area contributed by atoms with E-state index in [1.54, 1.807) is 7.11 Å². The van der Waals surface area contributed by atoms with Gasteiger partial charge < -0.3 is 18.8 Å². The van der Waals surface area contributed by atoms with Crippen molar-refractivity contribution in [3.8, 4) is 5.75 Å². The minimum Gasteiger partial charge on any atom is -0.483 e. The van der Waals surface area contributed by atoms with Gasteiger partial charge in [-0.1, -0.05) is 6.07 Å². The average Bonchev–Trinajstić information content (AvgIpc) is 3.45. The maximum Gasteiger partial charge on any atom is 0.264 e. The lowest BCUT2D eigenvalue weighted by Crippen LogP contribution is -2.21. The van der Waals surface area contributed by atoms with E-state index in [1.165, 1.54) is 0 Å². The molecule has 1 aliphatic rings. The Labute approximate surface area is 162 Å². The fourth-order valence-corrected chi connectivity index (χ4v) is 3.28. The molecular formula is C19H23N5O4. The van der Waals surface area contributed by atoms with Crippen molar-refractivity contribution in [3.63, 3.8) is 0 Å². The number of hydrogen-bond donors (Lipinski definition) is 2. The summed E-state index contributed by atoms with van der Waals surface area (Å²) in [5.74, 6) is 1.19. The average molecular weight is 385 g/mol. The third-order valence-corrected chi connectivity index (χ3v) is 4.66. The zero-order chi connectivity index (χ0) is 19.3. The summed E-state index contributed by atoms with van der Waals surface area (Å²) < 4.78 is 18.5. The van der Waals surface area contributed by atoms with Gasteiger partial charge in [0.25, 0.3) is 5.91 Å². The largest absolute Gasteiger partial charge is 0.483 e. The molecule has 1 aliphatic heterocycles. The van der Waals surface area contributed by atoms with Gasteiger partial charge in [0, 0.05) is 31.8 Å². The maximum atomic E-state index is 12.2. The number of aromatic amines is 1. The van der Waals surface area contributed by atoms with E-state index in [2.05, 4.69) is 25.1 Å². The molecule has 1 saturated heterocycles. The normalized spacial score (nSPS) is 16.5. The van der Waals surface area contributed by atoms with Crippen LogP contribution < -0.4 is 10.1 Å². The van der Waals surface area contributed by atoms with E-state index in [0.29, 0.717) is 18.2 Å². The summed E-state index contributed by atoms with van der Waals surface area (Å²) in [5.41, 5.74) is 1.03. The number of ether oxygens (including phenoxy) is 3. The highest BCUT2D eigenvalue weighted by Gasteiger charge is 2.21. The quantitative estimate of drug-likeness (QED) is 0.617. The van der Waals surface area contributed by atoms with Gasteiger partial charge in [0.05, 0.1) is 12.1 Å². The first kappa shape index (κ1) is 18.5. The standard InChI is InChI=1S/C19H23N5O4/c1-26-11-9-24-8-7-13-14(24)4-2-5-15(13)28-12-17(25)20-19-21-18(22-23-19)16-6-3-10-27-16/h2,4-5,7-8,16H,3,6,9-12H2,1H3,(H2,20,21,22,23,25). The van der Waals surface area contributed by atoms with Gasteiger partial charge in [0.1, 0.15) is 11.9 Å².